The topological polar surface area (TPSA) is 139 Å². The summed E-state index contributed by atoms with van der Waals surface area (Å²) in [5.41, 5.74) is 3.31. The number of hydrazine groups is 1. The van der Waals surface area contributed by atoms with Gasteiger partial charge in [0.1, 0.15) is 5.69 Å². The van der Waals surface area contributed by atoms with E-state index < -0.39 is 4.92 Å². The van der Waals surface area contributed by atoms with Gasteiger partial charge >= 0.3 is 0 Å². The number of nitrogens with zero attached hydrogens (tertiary/aromatic N) is 2. The zero-order valence-electron chi connectivity index (χ0n) is 11.0. The maximum atomic E-state index is 11.9. The average Bonchev–Trinajstić information content (AvgIpc) is 2.99. The summed E-state index contributed by atoms with van der Waals surface area (Å²) >= 11 is 0. The van der Waals surface area contributed by atoms with Crippen LogP contribution in [0.1, 0.15) is 16.1 Å². The highest BCUT2D eigenvalue weighted by molar-refractivity contribution is 5.95. The van der Waals surface area contributed by atoms with Gasteiger partial charge in [-0.1, -0.05) is 0 Å². The third kappa shape index (κ3) is 3.54. The molecule has 0 radical (unpaired) electrons. The molecule has 0 spiro atoms. The lowest BCUT2D eigenvalue weighted by atomic mass is 10.1. The van der Waals surface area contributed by atoms with Crippen LogP contribution in [0.2, 0.25) is 0 Å². The van der Waals surface area contributed by atoms with Gasteiger partial charge in [0.25, 0.3) is 11.6 Å². The van der Waals surface area contributed by atoms with Crippen molar-refractivity contribution in [1.82, 2.24) is 15.3 Å². The minimum Gasteiger partial charge on any atom is -0.352 e. The van der Waals surface area contributed by atoms with E-state index in [-0.39, 0.29) is 22.8 Å². The number of benzene rings is 1. The standard InChI is InChI=1S/C12H14N6O3/c13-17-10-5-8(1-2-11(10)18(20)21)12(19)15-4-3-9-6-14-7-16-9/h1-2,5-7,17H,3-4,13H2,(H,14,16)(H,15,19). The predicted octanol–water partition coefficient (Wildman–Crippen LogP) is 0.576. The number of amides is 1. The summed E-state index contributed by atoms with van der Waals surface area (Å²) in [5.74, 6) is 4.89. The van der Waals surface area contributed by atoms with Crippen molar-refractivity contribution in [2.24, 2.45) is 5.84 Å². The number of nitrogen functional groups attached to an aromatic ring is 1. The normalized spacial score (nSPS) is 10.1. The van der Waals surface area contributed by atoms with E-state index in [4.69, 9.17) is 5.84 Å². The van der Waals surface area contributed by atoms with Crippen LogP contribution in [0.3, 0.4) is 0 Å². The van der Waals surface area contributed by atoms with Gasteiger partial charge in [0.05, 0.1) is 11.3 Å². The molecule has 1 heterocycles. The first kappa shape index (κ1) is 14.5. The number of nitrogens with two attached hydrogens (primary N) is 1. The van der Waals surface area contributed by atoms with Crippen LogP contribution in [0.5, 0.6) is 0 Å². The van der Waals surface area contributed by atoms with Crippen LogP contribution in [0.15, 0.2) is 30.7 Å². The molecular weight excluding hydrogens is 276 g/mol. The lowest BCUT2D eigenvalue weighted by molar-refractivity contribution is -0.384. The lowest BCUT2D eigenvalue weighted by Crippen LogP contribution is -2.26. The first-order valence-corrected chi connectivity index (χ1v) is 6.12. The van der Waals surface area contributed by atoms with Crippen LogP contribution in [-0.2, 0) is 6.42 Å². The summed E-state index contributed by atoms with van der Waals surface area (Å²) in [5, 5.41) is 13.5. The van der Waals surface area contributed by atoms with Crippen molar-refractivity contribution in [1.29, 1.82) is 0 Å². The summed E-state index contributed by atoms with van der Waals surface area (Å²) in [7, 11) is 0. The van der Waals surface area contributed by atoms with Crippen LogP contribution in [-0.4, -0.2) is 27.3 Å². The van der Waals surface area contributed by atoms with Crippen molar-refractivity contribution in [2.45, 2.75) is 6.42 Å². The van der Waals surface area contributed by atoms with Crippen LogP contribution in [0.4, 0.5) is 11.4 Å². The third-order valence-electron chi connectivity index (χ3n) is 2.85. The number of hydrogen-bond donors (Lipinski definition) is 4. The largest absolute Gasteiger partial charge is 0.352 e. The number of imidazole rings is 1. The first-order chi connectivity index (χ1) is 10.1. The minimum atomic E-state index is -0.574. The van der Waals surface area contributed by atoms with Crippen LogP contribution >= 0.6 is 0 Å². The van der Waals surface area contributed by atoms with Gasteiger partial charge in [-0.25, -0.2) is 4.98 Å². The molecule has 21 heavy (non-hydrogen) atoms. The summed E-state index contributed by atoms with van der Waals surface area (Å²) in [6.07, 6.45) is 3.85. The molecule has 9 nitrogen and oxygen atoms in total. The maximum Gasteiger partial charge on any atom is 0.293 e. The molecule has 0 atom stereocenters. The lowest BCUT2D eigenvalue weighted by Gasteiger charge is -2.07. The molecule has 0 fully saturated rings. The number of nitro benzene ring substituents is 1. The van der Waals surface area contributed by atoms with Crippen molar-refractivity contribution in [2.75, 3.05) is 12.0 Å². The molecule has 0 saturated heterocycles. The SMILES string of the molecule is NNc1cc(C(=O)NCCc2cnc[nH]2)ccc1[N+](=O)[O-]. The molecule has 0 aliphatic carbocycles. The molecule has 0 unspecified atom stereocenters. The minimum absolute atomic E-state index is 0.0845. The Morgan fingerprint density at radius 3 is 2.90 bits per heavy atom. The smallest absolute Gasteiger partial charge is 0.293 e. The van der Waals surface area contributed by atoms with Gasteiger partial charge < -0.3 is 15.7 Å². The second kappa shape index (κ2) is 6.48. The Labute approximate surface area is 119 Å². The van der Waals surface area contributed by atoms with E-state index >= 15 is 0 Å². The number of carbonyl (C=O) groups is 1. The van der Waals surface area contributed by atoms with Gasteiger partial charge in [-0.15, -0.1) is 0 Å². The number of H-pyrrole nitrogens is 1. The van der Waals surface area contributed by atoms with Gasteiger partial charge in [0, 0.05) is 36.5 Å². The fourth-order valence-electron chi connectivity index (χ4n) is 1.79. The van der Waals surface area contributed by atoms with Gasteiger partial charge in [0.2, 0.25) is 0 Å². The van der Waals surface area contributed by atoms with E-state index in [9.17, 15) is 14.9 Å². The third-order valence-corrected chi connectivity index (χ3v) is 2.85. The van der Waals surface area contributed by atoms with Crippen LogP contribution in [0.25, 0.3) is 0 Å². The van der Waals surface area contributed by atoms with Crippen molar-refractivity contribution in [3.05, 3.63) is 52.1 Å². The molecular formula is C12H14N6O3. The predicted molar refractivity (Wildman–Crippen MR) is 75.5 cm³/mol. The van der Waals surface area contributed by atoms with Crippen LogP contribution in [0, 0.1) is 10.1 Å². The molecule has 1 amide bonds. The summed E-state index contributed by atoms with van der Waals surface area (Å²) in [6, 6.07) is 3.95. The Hall–Kier alpha value is -2.94. The monoisotopic (exact) mass is 290 g/mol. The number of anilines is 1. The van der Waals surface area contributed by atoms with Crippen molar-refractivity contribution >= 4 is 17.3 Å². The van der Waals surface area contributed by atoms with Gasteiger partial charge in [-0.2, -0.15) is 0 Å². The van der Waals surface area contributed by atoms with Crippen molar-refractivity contribution < 1.29 is 9.72 Å². The zero-order chi connectivity index (χ0) is 15.2. The molecule has 2 aromatic rings. The van der Waals surface area contributed by atoms with Crippen molar-refractivity contribution in [3.63, 3.8) is 0 Å². The van der Waals surface area contributed by atoms with E-state index in [1.807, 2.05) is 0 Å². The Morgan fingerprint density at radius 1 is 1.48 bits per heavy atom. The highest BCUT2D eigenvalue weighted by Crippen LogP contribution is 2.24. The van der Waals surface area contributed by atoms with Gasteiger partial charge in [-0.05, 0) is 12.1 Å². The summed E-state index contributed by atoms with van der Waals surface area (Å²) < 4.78 is 0. The zero-order valence-corrected chi connectivity index (χ0v) is 11.0. The second-order valence-corrected chi connectivity index (χ2v) is 4.22. The molecule has 2 rings (SSSR count). The fourth-order valence-corrected chi connectivity index (χ4v) is 1.79. The number of aromatic nitrogens is 2. The number of nitro groups is 1. The second-order valence-electron chi connectivity index (χ2n) is 4.22. The molecule has 0 aliphatic rings. The van der Waals surface area contributed by atoms with E-state index in [1.165, 1.54) is 18.2 Å². The van der Waals surface area contributed by atoms with E-state index in [2.05, 4.69) is 20.7 Å². The number of rotatable bonds is 6. The first-order valence-electron chi connectivity index (χ1n) is 6.12. The Balaban J connectivity index is 2.00. The Kier molecular flexibility index (Phi) is 4.46. The van der Waals surface area contributed by atoms with Crippen molar-refractivity contribution in [3.8, 4) is 0 Å². The van der Waals surface area contributed by atoms with Gasteiger partial charge in [0.15, 0.2) is 0 Å². The molecule has 1 aromatic carbocycles. The maximum absolute atomic E-state index is 11.9. The average molecular weight is 290 g/mol. The Morgan fingerprint density at radius 2 is 2.29 bits per heavy atom. The molecule has 5 N–H and O–H groups in total. The number of aromatic amines is 1. The number of nitrogens with one attached hydrogen (secondary N) is 3. The summed E-state index contributed by atoms with van der Waals surface area (Å²) in [4.78, 5) is 28.9. The van der Waals surface area contributed by atoms with E-state index in [0.29, 0.717) is 13.0 Å². The molecule has 1 aromatic heterocycles. The summed E-state index contributed by atoms with van der Waals surface area (Å²) in [6.45, 7) is 0.420. The quantitative estimate of drug-likeness (QED) is 0.348. The molecule has 0 bridgehead atoms. The fraction of sp³-hybridized carbons (Fsp3) is 0.167. The number of carbonyl (C=O) groups excluding carboxylic acids is 1. The van der Waals surface area contributed by atoms with E-state index in [0.717, 1.165) is 5.69 Å². The molecule has 110 valence electrons. The van der Waals surface area contributed by atoms with Crippen LogP contribution < -0.4 is 16.6 Å². The highest BCUT2D eigenvalue weighted by atomic mass is 16.6. The number of hydrogen-bond acceptors (Lipinski definition) is 6. The molecule has 0 aliphatic heterocycles. The van der Waals surface area contributed by atoms with Gasteiger partial charge in [-0.3, -0.25) is 20.8 Å². The molecule has 0 saturated carbocycles. The Bertz CT molecular complexity index is 640. The van der Waals surface area contributed by atoms with E-state index in [1.54, 1.807) is 12.5 Å². The highest BCUT2D eigenvalue weighted by Gasteiger charge is 2.15. The molecule has 9 heteroatoms.